The van der Waals surface area contributed by atoms with Crippen LogP contribution in [0.15, 0.2) is 121 Å². The zero-order valence-corrected chi connectivity index (χ0v) is 67.6. The molecule has 1 amide bonds. The molecule has 1 heterocycles. The van der Waals surface area contributed by atoms with Crippen molar-refractivity contribution in [3.05, 3.63) is 127 Å². The number of nitrogens with zero attached hydrogens (tertiary/aromatic N) is 1. The van der Waals surface area contributed by atoms with E-state index >= 15 is 0 Å². The largest absolute Gasteiger partial charge is 0.497 e. The van der Waals surface area contributed by atoms with Crippen LogP contribution in [0.4, 0.5) is 16.2 Å². The summed E-state index contributed by atoms with van der Waals surface area (Å²) in [5.74, 6) is 6.27. The van der Waals surface area contributed by atoms with Gasteiger partial charge in [-0.15, -0.1) is 0 Å². The molecular weight excluding hydrogens is 1220 g/mol. The second-order valence-corrected chi connectivity index (χ2v) is 35.9. The minimum Gasteiger partial charge on any atom is -0.497 e. The molecule has 4 aromatic rings. The second-order valence-electron chi connectivity index (χ2n) is 35.9. The number of benzene rings is 4. The fourth-order valence-corrected chi connectivity index (χ4v) is 12.3. The van der Waals surface area contributed by atoms with E-state index in [1.807, 2.05) is 85.8 Å². The molecule has 1 saturated heterocycles. The van der Waals surface area contributed by atoms with Gasteiger partial charge in [0, 0.05) is 81.4 Å². The lowest BCUT2D eigenvalue weighted by atomic mass is 9.82. The van der Waals surface area contributed by atoms with E-state index in [-0.39, 0.29) is 33.8 Å². The molecule has 12 nitrogen and oxygen atoms in total. The number of ether oxygens (including phenoxy) is 3. The molecule has 0 radical (unpaired) electrons. The minimum atomic E-state index is -0.170. The molecular formula is C87H150N8O4. The summed E-state index contributed by atoms with van der Waals surface area (Å²) in [7, 11) is 1.67. The number of anilines is 2. The molecule has 4 fully saturated rings. The summed E-state index contributed by atoms with van der Waals surface area (Å²) >= 11 is 0. The van der Waals surface area contributed by atoms with E-state index in [9.17, 15) is 4.79 Å². The number of amides is 1. The number of nitrogens with one attached hydrogen (secondary N) is 7. The van der Waals surface area contributed by atoms with Crippen molar-refractivity contribution in [1.29, 1.82) is 0 Å². The Morgan fingerprint density at radius 1 is 0.455 bits per heavy atom. The number of allylic oxidation sites excluding steroid dienone is 2. The number of methoxy groups -OCH3 is 1. The van der Waals surface area contributed by atoms with Gasteiger partial charge < -0.3 is 56.3 Å². The van der Waals surface area contributed by atoms with Crippen LogP contribution in [-0.4, -0.2) is 108 Å². The smallest absolute Gasteiger partial charge is 0.409 e. The van der Waals surface area contributed by atoms with Crippen LogP contribution in [0.5, 0.6) is 17.2 Å². The minimum absolute atomic E-state index is 0.0470. The Morgan fingerprint density at radius 3 is 1.40 bits per heavy atom. The van der Waals surface area contributed by atoms with E-state index in [4.69, 9.17) is 14.2 Å². The summed E-state index contributed by atoms with van der Waals surface area (Å²) in [6.07, 6.45) is 28.8. The Labute approximate surface area is 608 Å². The molecule has 1 aliphatic heterocycles. The van der Waals surface area contributed by atoms with Crippen molar-refractivity contribution in [1.82, 2.24) is 31.5 Å². The highest BCUT2D eigenvalue weighted by Gasteiger charge is 2.28. The third kappa shape index (κ3) is 48.4. The topological polar surface area (TPSA) is 132 Å². The van der Waals surface area contributed by atoms with Gasteiger partial charge in [0.1, 0.15) is 17.2 Å². The molecule has 0 spiro atoms. The summed E-state index contributed by atoms with van der Waals surface area (Å²) in [6, 6.07) is 37.9. The van der Waals surface area contributed by atoms with Gasteiger partial charge in [-0.25, -0.2) is 4.79 Å². The van der Waals surface area contributed by atoms with Gasteiger partial charge in [-0.2, -0.15) is 0 Å². The van der Waals surface area contributed by atoms with Crippen molar-refractivity contribution < 1.29 is 19.0 Å². The van der Waals surface area contributed by atoms with E-state index in [1.54, 1.807) is 12.0 Å². The molecule has 99 heavy (non-hydrogen) atoms. The van der Waals surface area contributed by atoms with Crippen LogP contribution in [0.25, 0.3) is 0 Å². The molecule has 562 valence electrons. The third-order valence-corrected chi connectivity index (χ3v) is 17.2. The van der Waals surface area contributed by atoms with E-state index in [1.165, 1.54) is 121 Å². The van der Waals surface area contributed by atoms with Crippen LogP contribution in [-0.2, 0) is 11.2 Å². The number of piperidine rings is 1. The lowest BCUT2D eigenvalue weighted by Crippen LogP contribution is -2.50. The molecule has 7 N–H and O–H groups in total. The van der Waals surface area contributed by atoms with Crippen LogP contribution in [0, 0.1) is 23.7 Å². The average molecular weight is 1370 g/mol. The van der Waals surface area contributed by atoms with Crippen molar-refractivity contribution in [3.63, 3.8) is 0 Å². The highest BCUT2D eigenvalue weighted by atomic mass is 16.6. The van der Waals surface area contributed by atoms with Gasteiger partial charge in [0.2, 0.25) is 0 Å². The Balaban J connectivity index is 0.000000304. The van der Waals surface area contributed by atoms with Gasteiger partial charge >= 0.3 is 6.09 Å². The van der Waals surface area contributed by atoms with Crippen LogP contribution in [0.3, 0.4) is 0 Å². The average Bonchev–Trinajstić information content (AvgIpc) is 1.60. The number of carbonyl (C=O) groups is 1. The highest BCUT2D eigenvalue weighted by molar-refractivity contribution is 5.67. The van der Waals surface area contributed by atoms with Gasteiger partial charge in [0.05, 0.1) is 13.7 Å². The molecule has 4 aliphatic carbocycles. The maximum absolute atomic E-state index is 11.5. The summed E-state index contributed by atoms with van der Waals surface area (Å²) in [4.78, 5) is 13.3. The first-order chi connectivity index (χ1) is 46.2. The standard InChI is InChI=1S/C17H27N.C16H19NO.C12H24N2O2.C12H23N.C11H17NO.C11H23N.C8H17N/c1-17(2,3)18-16-11-9-15(10-12-16)13-14-7-5-4-6-8-14;1-16(2,3)17-13-8-7-11-15(12-13)18-14-9-5-4-6-10-14;1-5-16-11(15)14-8-6-10(7-9-14)13-12(2,3)4;1-12(2,3)13-10-9-11-7-5-4-6-8-11;1-11(2,3)12-9-5-7-10(13-4)8-6-9;1-11(2,3)12-9-10-7-5-4-6-8-10;1-8(2,3)9-6-7-4-5-7/h4-8,15-16,18H,9-13H2,1-3H3;4-12,17H,1-3H3;10,13H,5-9H2,1-4H3;5,7,11,13H,4,6,8-10H2,1-3H3;5-8,12H,1-4H3;10,12H,4-9H2,1-3H3;7,9H,4-6H2,1-3H3. The highest BCUT2D eigenvalue weighted by Crippen LogP contribution is 2.31. The van der Waals surface area contributed by atoms with Crippen molar-refractivity contribution in [3.8, 4) is 17.2 Å². The normalized spacial score (nSPS) is 18.5. The summed E-state index contributed by atoms with van der Waals surface area (Å²) in [5.41, 5.74) is 5.15. The molecule has 1 atom stereocenters. The number of carbonyl (C=O) groups excluding carboxylic acids is 1. The molecule has 1 unspecified atom stereocenters. The number of rotatable bonds is 17. The van der Waals surface area contributed by atoms with Gasteiger partial charge in [0.15, 0.2) is 0 Å². The van der Waals surface area contributed by atoms with Gasteiger partial charge in [-0.3, -0.25) is 0 Å². The fraction of sp³-hybridized carbons (Fsp3) is 0.690. The van der Waals surface area contributed by atoms with Gasteiger partial charge in [0.25, 0.3) is 0 Å². The van der Waals surface area contributed by atoms with E-state index < -0.39 is 0 Å². The Bertz CT molecular complexity index is 2720. The van der Waals surface area contributed by atoms with Crippen molar-refractivity contribution in [2.75, 3.05) is 57.1 Å². The quantitative estimate of drug-likeness (QED) is 0.0510. The van der Waals surface area contributed by atoms with Crippen LogP contribution in [0.2, 0.25) is 0 Å². The lowest BCUT2D eigenvalue weighted by molar-refractivity contribution is 0.0931. The SMILES string of the molecule is CC(C)(C)NC1CCC(Cc2ccccc2)CC1.CC(C)(C)NCC1CC1.CC(C)(C)NCC1CCCCC1.CC(C)(C)NCCC1C=CCCC1.CC(C)(C)Nc1cccc(Oc2ccccc2)c1.CCOC(=O)N1CCC(NC(C)(C)C)CC1.COc1ccc(NC(C)(C)C)cc1. The van der Waals surface area contributed by atoms with E-state index in [0.717, 1.165) is 90.8 Å². The summed E-state index contributed by atoms with van der Waals surface area (Å²) in [5, 5.41) is 24.7. The fourth-order valence-electron chi connectivity index (χ4n) is 12.3. The zero-order valence-electron chi connectivity index (χ0n) is 67.6. The van der Waals surface area contributed by atoms with Crippen LogP contribution in [0.1, 0.15) is 267 Å². The first kappa shape index (κ1) is 88.1. The van der Waals surface area contributed by atoms with Crippen LogP contribution < -0.4 is 46.7 Å². The van der Waals surface area contributed by atoms with Crippen molar-refractivity contribution in [2.45, 2.75) is 319 Å². The molecule has 12 heteroatoms. The van der Waals surface area contributed by atoms with Crippen LogP contribution >= 0.6 is 0 Å². The van der Waals surface area contributed by atoms with Gasteiger partial charge in [-0.1, -0.05) is 86.0 Å². The molecule has 0 aromatic heterocycles. The molecule has 5 aliphatic rings. The zero-order chi connectivity index (χ0) is 73.8. The van der Waals surface area contributed by atoms with Crippen molar-refractivity contribution in [2.24, 2.45) is 23.7 Å². The first-order valence-electron chi connectivity index (χ1n) is 38.7. The second kappa shape index (κ2) is 44.4. The van der Waals surface area contributed by atoms with Gasteiger partial charge in [-0.05, 0) is 346 Å². The number of hydrogen-bond acceptors (Lipinski definition) is 11. The number of hydrogen-bond donors (Lipinski definition) is 7. The maximum atomic E-state index is 11.5. The predicted molar refractivity (Wildman–Crippen MR) is 430 cm³/mol. The molecule has 0 bridgehead atoms. The lowest BCUT2D eigenvalue weighted by Gasteiger charge is -2.35. The monoisotopic (exact) mass is 1370 g/mol. The first-order valence-corrected chi connectivity index (χ1v) is 38.7. The predicted octanol–water partition coefficient (Wildman–Crippen LogP) is 21.6. The van der Waals surface area contributed by atoms with Crippen molar-refractivity contribution >= 4 is 17.5 Å². The molecule has 9 rings (SSSR count). The summed E-state index contributed by atoms with van der Waals surface area (Å²) < 4.78 is 15.8. The third-order valence-electron chi connectivity index (χ3n) is 17.2. The number of likely N-dealkylation sites (tertiary alicyclic amines) is 1. The Kier molecular flexibility index (Phi) is 39.5. The molecule has 4 aromatic carbocycles. The molecule has 3 saturated carbocycles. The Hall–Kier alpha value is -5.11. The maximum Gasteiger partial charge on any atom is 0.409 e. The summed E-state index contributed by atoms with van der Waals surface area (Å²) in [6.45, 7) is 53.7. The Morgan fingerprint density at radius 2 is 0.939 bits per heavy atom. The number of para-hydroxylation sites is 1. The van der Waals surface area contributed by atoms with E-state index in [0.29, 0.717) is 23.7 Å². The van der Waals surface area contributed by atoms with E-state index in [2.05, 4.69) is 225 Å².